The second-order valence-corrected chi connectivity index (χ2v) is 6.30. The molecule has 0 saturated carbocycles. The molecule has 27 heavy (non-hydrogen) atoms. The topological polar surface area (TPSA) is 79.8 Å². The third-order valence-electron chi connectivity index (χ3n) is 4.50. The highest BCUT2D eigenvalue weighted by atomic mass is 16.2. The number of nitrogens with one attached hydrogen (secondary N) is 2. The van der Waals surface area contributed by atoms with E-state index in [-0.39, 0.29) is 17.5 Å². The standard InChI is InChI=1S/C21H18N4O2/c1-14(15-7-3-5-10-19(15)25-12-6-11-22-25)23-21(27)17-13-20(26)24-18-9-4-2-8-16(17)18/h2-14H,1H3,(H,23,27)(H,24,26)/t14-/m1/s1. The van der Waals surface area contributed by atoms with Crippen LogP contribution in [0.4, 0.5) is 0 Å². The van der Waals surface area contributed by atoms with Gasteiger partial charge in [-0.15, -0.1) is 0 Å². The molecule has 0 bridgehead atoms. The number of aromatic amines is 1. The molecular weight excluding hydrogens is 340 g/mol. The van der Waals surface area contributed by atoms with Crippen molar-refractivity contribution < 1.29 is 4.79 Å². The van der Waals surface area contributed by atoms with Crippen molar-refractivity contribution in [3.05, 3.63) is 94.5 Å². The fraction of sp³-hybridized carbons (Fsp3) is 0.0952. The first-order valence-electron chi connectivity index (χ1n) is 8.65. The summed E-state index contributed by atoms with van der Waals surface area (Å²) in [5.41, 5.74) is 2.52. The number of carbonyl (C=O) groups excluding carboxylic acids is 1. The highest BCUT2D eigenvalue weighted by molar-refractivity contribution is 6.06. The summed E-state index contributed by atoms with van der Waals surface area (Å²) in [4.78, 5) is 27.6. The van der Waals surface area contributed by atoms with Crippen molar-refractivity contribution in [2.24, 2.45) is 0 Å². The predicted molar refractivity (Wildman–Crippen MR) is 104 cm³/mol. The average Bonchev–Trinajstić information content (AvgIpc) is 3.22. The maximum Gasteiger partial charge on any atom is 0.252 e. The molecule has 0 aliphatic carbocycles. The Morgan fingerprint density at radius 1 is 1.11 bits per heavy atom. The first kappa shape index (κ1) is 16.8. The van der Waals surface area contributed by atoms with Gasteiger partial charge in [-0.05, 0) is 30.7 Å². The number of amides is 1. The van der Waals surface area contributed by atoms with Gasteiger partial charge in [-0.25, -0.2) is 4.68 Å². The number of para-hydroxylation sites is 2. The molecule has 0 fully saturated rings. The molecule has 1 amide bonds. The first-order valence-corrected chi connectivity index (χ1v) is 8.65. The minimum Gasteiger partial charge on any atom is -0.345 e. The van der Waals surface area contributed by atoms with Crippen LogP contribution in [0.3, 0.4) is 0 Å². The monoisotopic (exact) mass is 358 g/mol. The van der Waals surface area contributed by atoms with Gasteiger partial charge >= 0.3 is 0 Å². The molecule has 2 aromatic carbocycles. The fourth-order valence-electron chi connectivity index (χ4n) is 3.22. The number of pyridine rings is 1. The van der Waals surface area contributed by atoms with Crippen LogP contribution in [0.15, 0.2) is 77.9 Å². The lowest BCUT2D eigenvalue weighted by molar-refractivity contribution is 0.0941. The van der Waals surface area contributed by atoms with Crippen LogP contribution >= 0.6 is 0 Å². The largest absolute Gasteiger partial charge is 0.345 e. The number of rotatable bonds is 4. The highest BCUT2D eigenvalue weighted by Gasteiger charge is 2.17. The third kappa shape index (κ3) is 3.25. The van der Waals surface area contributed by atoms with Gasteiger partial charge in [-0.2, -0.15) is 5.10 Å². The molecule has 0 aliphatic rings. The zero-order valence-electron chi connectivity index (χ0n) is 14.7. The number of H-pyrrole nitrogens is 1. The summed E-state index contributed by atoms with van der Waals surface area (Å²) in [5.74, 6) is -0.292. The highest BCUT2D eigenvalue weighted by Crippen LogP contribution is 2.22. The SMILES string of the molecule is C[C@@H](NC(=O)c1cc(=O)[nH]c2ccccc12)c1ccccc1-n1cccn1. The molecule has 0 unspecified atom stereocenters. The predicted octanol–water partition coefficient (Wildman–Crippen LogP) is 3.20. The minimum atomic E-state index is -0.302. The van der Waals surface area contributed by atoms with Crippen molar-refractivity contribution in [2.75, 3.05) is 0 Å². The average molecular weight is 358 g/mol. The van der Waals surface area contributed by atoms with Crippen LogP contribution < -0.4 is 10.9 Å². The Kier molecular flexibility index (Phi) is 4.30. The maximum atomic E-state index is 12.9. The Morgan fingerprint density at radius 2 is 1.89 bits per heavy atom. The number of carbonyl (C=O) groups is 1. The van der Waals surface area contributed by atoms with Crippen molar-refractivity contribution in [1.82, 2.24) is 20.1 Å². The summed E-state index contributed by atoms with van der Waals surface area (Å²) in [6.45, 7) is 1.91. The zero-order valence-corrected chi connectivity index (χ0v) is 14.7. The summed E-state index contributed by atoms with van der Waals surface area (Å²) >= 11 is 0. The zero-order chi connectivity index (χ0) is 18.8. The Bertz CT molecular complexity index is 1160. The Hall–Kier alpha value is -3.67. The molecular formula is C21H18N4O2. The van der Waals surface area contributed by atoms with Crippen molar-refractivity contribution in [1.29, 1.82) is 0 Å². The third-order valence-corrected chi connectivity index (χ3v) is 4.50. The molecule has 0 saturated heterocycles. The molecule has 6 heteroatoms. The number of fused-ring (bicyclic) bond motifs is 1. The minimum absolute atomic E-state index is 0.268. The van der Waals surface area contributed by atoms with Gasteiger partial charge in [0, 0.05) is 29.4 Å². The van der Waals surface area contributed by atoms with E-state index in [9.17, 15) is 9.59 Å². The molecule has 6 nitrogen and oxygen atoms in total. The molecule has 2 aromatic heterocycles. The molecule has 2 heterocycles. The van der Waals surface area contributed by atoms with Crippen molar-refractivity contribution in [3.8, 4) is 5.69 Å². The number of aromatic nitrogens is 3. The van der Waals surface area contributed by atoms with Crippen LogP contribution in [0.5, 0.6) is 0 Å². The van der Waals surface area contributed by atoms with Crippen molar-refractivity contribution in [2.45, 2.75) is 13.0 Å². The summed E-state index contributed by atoms with van der Waals surface area (Å²) in [6.07, 6.45) is 3.57. The van der Waals surface area contributed by atoms with Gasteiger partial charge in [0.2, 0.25) is 5.56 Å². The Morgan fingerprint density at radius 3 is 2.70 bits per heavy atom. The van der Waals surface area contributed by atoms with Crippen LogP contribution in [-0.2, 0) is 0 Å². The number of nitrogens with zero attached hydrogens (tertiary/aromatic N) is 2. The van der Waals surface area contributed by atoms with E-state index in [1.54, 1.807) is 16.9 Å². The molecule has 0 radical (unpaired) electrons. The Labute approximate surface area is 155 Å². The molecule has 4 aromatic rings. The van der Waals surface area contributed by atoms with Crippen molar-refractivity contribution >= 4 is 16.8 Å². The first-order chi connectivity index (χ1) is 13.1. The van der Waals surface area contributed by atoms with Gasteiger partial charge in [0.15, 0.2) is 0 Å². The fourth-order valence-corrected chi connectivity index (χ4v) is 3.22. The molecule has 0 aliphatic heterocycles. The molecule has 4 rings (SSSR count). The van der Waals surface area contributed by atoms with E-state index in [0.717, 1.165) is 11.3 Å². The Balaban J connectivity index is 1.68. The second kappa shape index (κ2) is 6.92. The number of hydrogen-bond donors (Lipinski definition) is 2. The van der Waals surface area contributed by atoms with Crippen LogP contribution in [0.25, 0.3) is 16.6 Å². The van der Waals surface area contributed by atoms with E-state index >= 15 is 0 Å². The van der Waals surface area contributed by atoms with Gasteiger partial charge < -0.3 is 10.3 Å². The summed E-state index contributed by atoms with van der Waals surface area (Å²) in [7, 11) is 0. The van der Waals surface area contributed by atoms with E-state index < -0.39 is 0 Å². The second-order valence-electron chi connectivity index (χ2n) is 6.30. The quantitative estimate of drug-likeness (QED) is 0.588. The molecule has 134 valence electrons. The van der Waals surface area contributed by atoms with E-state index in [4.69, 9.17) is 0 Å². The van der Waals surface area contributed by atoms with E-state index in [1.165, 1.54) is 6.07 Å². The van der Waals surface area contributed by atoms with Gasteiger partial charge in [-0.3, -0.25) is 9.59 Å². The van der Waals surface area contributed by atoms with E-state index in [0.29, 0.717) is 16.5 Å². The molecule has 2 N–H and O–H groups in total. The lowest BCUT2D eigenvalue weighted by atomic mass is 10.0. The van der Waals surface area contributed by atoms with Gasteiger partial charge in [-0.1, -0.05) is 36.4 Å². The normalized spacial score (nSPS) is 12.0. The maximum absolute atomic E-state index is 12.9. The summed E-state index contributed by atoms with van der Waals surface area (Å²) in [6, 6.07) is 17.9. The van der Waals surface area contributed by atoms with E-state index in [2.05, 4.69) is 15.4 Å². The van der Waals surface area contributed by atoms with Crippen LogP contribution in [0.1, 0.15) is 28.9 Å². The van der Waals surface area contributed by atoms with Crippen LogP contribution in [0, 0.1) is 0 Å². The summed E-state index contributed by atoms with van der Waals surface area (Å²) < 4.78 is 1.76. The number of benzene rings is 2. The number of hydrogen-bond acceptors (Lipinski definition) is 3. The van der Waals surface area contributed by atoms with E-state index in [1.807, 2.05) is 61.7 Å². The van der Waals surface area contributed by atoms with Gasteiger partial charge in [0.25, 0.3) is 5.91 Å². The van der Waals surface area contributed by atoms with Gasteiger partial charge in [0.05, 0.1) is 17.3 Å². The lowest BCUT2D eigenvalue weighted by Gasteiger charge is -2.18. The smallest absolute Gasteiger partial charge is 0.252 e. The lowest BCUT2D eigenvalue weighted by Crippen LogP contribution is -2.28. The van der Waals surface area contributed by atoms with Crippen LogP contribution in [-0.4, -0.2) is 20.7 Å². The van der Waals surface area contributed by atoms with Gasteiger partial charge in [0.1, 0.15) is 0 Å². The van der Waals surface area contributed by atoms with Crippen molar-refractivity contribution in [3.63, 3.8) is 0 Å². The molecule has 0 spiro atoms. The molecule has 1 atom stereocenters. The summed E-state index contributed by atoms with van der Waals surface area (Å²) in [5, 5.41) is 7.99. The van der Waals surface area contributed by atoms with Crippen LogP contribution in [0.2, 0.25) is 0 Å².